The van der Waals surface area contributed by atoms with Crippen LogP contribution in [-0.4, -0.2) is 37.6 Å². The lowest BCUT2D eigenvalue weighted by Gasteiger charge is -2.33. The number of nitrogens with one attached hydrogen (secondary N) is 1. The molecule has 1 amide bonds. The first-order valence-electron chi connectivity index (χ1n) is 9.74. The van der Waals surface area contributed by atoms with Gasteiger partial charge < -0.3 is 15.0 Å². The normalized spacial score (nSPS) is 20.0. The Labute approximate surface area is 174 Å². The fraction of sp³-hybridized carbons (Fsp3) is 0.435. The molecular weight excluding hydrogens is 372 g/mol. The number of methoxy groups -OCH3 is 1. The zero-order valence-corrected chi connectivity index (χ0v) is 18.0. The van der Waals surface area contributed by atoms with E-state index >= 15 is 0 Å². The molecule has 3 atom stereocenters. The van der Waals surface area contributed by atoms with Crippen LogP contribution in [0.2, 0.25) is 0 Å². The van der Waals surface area contributed by atoms with Crippen molar-refractivity contribution in [3.05, 3.63) is 54.1 Å². The summed E-state index contributed by atoms with van der Waals surface area (Å²) >= 11 is 0. The first-order valence-corrected chi connectivity index (χ1v) is 9.74. The lowest BCUT2D eigenvalue weighted by atomic mass is 9.91. The Bertz CT molecular complexity index is 778. The topological polar surface area (TPSA) is 41.6 Å². The minimum absolute atomic E-state index is 0. The summed E-state index contributed by atoms with van der Waals surface area (Å²) in [7, 11) is 3.62. The molecule has 28 heavy (non-hydrogen) atoms. The van der Waals surface area contributed by atoms with E-state index in [1.807, 2.05) is 30.1 Å². The summed E-state index contributed by atoms with van der Waals surface area (Å²) in [6.07, 6.45) is 1.84. The van der Waals surface area contributed by atoms with E-state index in [2.05, 4.69) is 49.5 Å². The van der Waals surface area contributed by atoms with Gasteiger partial charge in [0.1, 0.15) is 5.75 Å². The Morgan fingerprint density at radius 3 is 2.50 bits per heavy atom. The summed E-state index contributed by atoms with van der Waals surface area (Å²) < 4.78 is 5.46. The Kier molecular flexibility index (Phi) is 7.90. The van der Waals surface area contributed by atoms with Crippen LogP contribution < -0.4 is 10.1 Å². The SMILES string of the molecule is COc1ccccc1-c1ccc(C(C)N(C)C(=O)[C@H]2CCN[C@@H](C)C2)cc1.Cl. The van der Waals surface area contributed by atoms with Crippen molar-refractivity contribution < 1.29 is 9.53 Å². The van der Waals surface area contributed by atoms with Crippen molar-refractivity contribution in [3.8, 4) is 16.9 Å². The van der Waals surface area contributed by atoms with Gasteiger partial charge in [0.05, 0.1) is 13.2 Å². The monoisotopic (exact) mass is 402 g/mol. The molecule has 1 aliphatic heterocycles. The number of para-hydroxylation sites is 1. The second kappa shape index (κ2) is 9.94. The summed E-state index contributed by atoms with van der Waals surface area (Å²) in [5.41, 5.74) is 3.34. The third kappa shape index (κ3) is 4.86. The highest BCUT2D eigenvalue weighted by atomic mass is 35.5. The van der Waals surface area contributed by atoms with Crippen LogP contribution in [0.1, 0.15) is 38.3 Å². The number of hydrogen-bond acceptors (Lipinski definition) is 3. The molecule has 1 saturated heterocycles. The first-order chi connectivity index (χ1) is 13.0. The van der Waals surface area contributed by atoms with Crippen LogP contribution in [0.15, 0.2) is 48.5 Å². The van der Waals surface area contributed by atoms with Crippen LogP contribution >= 0.6 is 12.4 Å². The average molecular weight is 403 g/mol. The van der Waals surface area contributed by atoms with Gasteiger partial charge >= 0.3 is 0 Å². The van der Waals surface area contributed by atoms with Gasteiger partial charge in [-0.2, -0.15) is 0 Å². The van der Waals surface area contributed by atoms with Crippen LogP contribution in [0, 0.1) is 5.92 Å². The molecule has 152 valence electrons. The number of carbonyl (C=O) groups excluding carboxylic acids is 1. The van der Waals surface area contributed by atoms with E-state index in [1.54, 1.807) is 7.11 Å². The number of amides is 1. The van der Waals surface area contributed by atoms with E-state index in [0.717, 1.165) is 41.8 Å². The maximum atomic E-state index is 12.9. The third-order valence-corrected chi connectivity index (χ3v) is 5.71. The third-order valence-electron chi connectivity index (χ3n) is 5.71. The molecule has 1 N–H and O–H groups in total. The molecule has 0 saturated carbocycles. The Morgan fingerprint density at radius 1 is 1.18 bits per heavy atom. The average Bonchev–Trinajstić information content (AvgIpc) is 2.72. The maximum Gasteiger partial charge on any atom is 0.226 e. The quantitative estimate of drug-likeness (QED) is 0.788. The number of benzene rings is 2. The number of hydrogen-bond donors (Lipinski definition) is 1. The van der Waals surface area contributed by atoms with Gasteiger partial charge in [0.2, 0.25) is 5.91 Å². The molecule has 1 fully saturated rings. The molecule has 4 nitrogen and oxygen atoms in total. The second-order valence-electron chi connectivity index (χ2n) is 7.52. The highest BCUT2D eigenvalue weighted by Crippen LogP contribution is 2.31. The van der Waals surface area contributed by atoms with Gasteiger partial charge in [-0.25, -0.2) is 0 Å². The van der Waals surface area contributed by atoms with Crippen molar-refractivity contribution in [2.75, 3.05) is 20.7 Å². The molecule has 5 heteroatoms. The fourth-order valence-electron chi connectivity index (χ4n) is 3.88. The molecule has 1 heterocycles. The van der Waals surface area contributed by atoms with Gasteiger partial charge in [-0.1, -0.05) is 42.5 Å². The molecule has 0 radical (unpaired) electrons. The van der Waals surface area contributed by atoms with Gasteiger partial charge in [0, 0.05) is 24.6 Å². The van der Waals surface area contributed by atoms with Gasteiger partial charge in [0.15, 0.2) is 0 Å². The summed E-state index contributed by atoms with van der Waals surface area (Å²) in [6, 6.07) is 16.9. The van der Waals surface area contributed by atoms with Gasteiger partial charge in [-0.15, -0.1) is 12.4 Å². The van der Waals surface area contributed by atoms with Crippen molar-refractivity contribution in [2.45, 2.75) is 38.8 Å². The standard InChI is InChI=1S/C23H30N2O2.ClH/c1-16-15-20(13-14-24-16)23(26)25(3)17(2)18-9-11-19(12-10-18)21-7-5-6-8-22(21)27-4;/h5-12,16-17,20,24H,13-15H2,1-4H3;1H/t16-,17?,20-;/m0./s1. The predicted molar refractivity (Wildman–Crippen MR) is 117 cm³/mol. The smallest absolute Gasteiger partial charge is 0.226 e. The number of rotatable bonds is 5. The minimum atomic E-state index is 0. The van der Waals surface area contributed by atoms with Crippen molar-refractivity contribution in [1.82, 2.24) is 10.2 Å². The van der Waals surface area contributed by atoms with Crippen molar-refractivity contribution >= 4 is 18.3 Å². The van der Waals surface area contributed by atoms with E-state index < -0.39 is 0 Å². The van der Waals surface area contributed by atoms with Gasteiger partial charge in [0.25, 0.3) is 0 Å². The number of nitrogens with zero attached hydrogens (tertiary/aromatic N) is 1. The fourth-order valence-corrected chi connectivity index (χ4v) is 3.88. The summed E-state index contributed by atoms with van der Waals surface area (Å²) in [6.45, 7) is 5.17. The van der Waals surface area contributed by atoms with Crippen LogP contribution in [-0.2, 0) is 4.79 Å². The molecule has 1 aliphatic rings. The van der Waals surface area contributed by atoms with E-state index in [1.165, 1.54) is 0 Å². The molecule has 0 bridgehead atoms. The van der Waals surface area contributed by atoms with Crippen LogP contribution in [0.5, 0.6) is 5.75 Å². The Hall–Kier alpha value is -2.04. The summed E-state index contributed by atoms with van der Waals surface area (Å²) in [5.74, 6) is 1.25. The zero-order chi connectivity index (χ0) is 19.4. The largest absolute Gasteiger partial charge is 0.496 e. The summed E-state index contributed by atoms with van der Waals surface area (Å²) in [5, 5.41) is 3.42. The maximum absolute atomic E-state index is 12.9. The molecule has 0 aliphatic carbocycles. The van der Waals surface area contributed by atoms with E-state index in [0.29, 0.717) is 6.04 Å². The number of ether oxygens (including phenoxy) is 1. The molecule has 0 spiro atoms. The lowest BCUT2D eigenvalue weighted by molar-refractivity contribution is -0.137. The Balaban J connectivity index is 0.00000280. The van der Waals surface area contributed by atoms with Crippen molar-refractivity contribution in [2.24, 2.45) is 5.92 Å². The number of piperidine rings is 1. The molecule has 1 unspecified atom stereocenters. The molecule has 2 aromatic rings. The van der Waals surface area contributed by atoms with E-state index in [4.69, 9.17) is 4.74 Å². The minimum Gasteiger partial charge on any atom is -0.496 e. The highest BCUT2D eigenvalue weighted by Gasteiger charge is 2.29. The van der Waals surface area contributed by atoms with Crippen LogP contribution in [0.3, 0.4) is 0 Å². The van der Waals surface area contributed by atoms with E-state index in [-0.39, 0.29) is 30.3 Å². The molecule has 3 rings (SSSR count). The zero-order valence-electron chi connectivity index (χ0n) is 17.1. The lowest BCUT2D eigenvalue weighted by Crippen LogP contribution is -2.43. The molecule has 0 aromatic heterocycles. The van der Waals surface area contributed by atoms with Crippen molar-refractivity contribution in [1.29, 1.82) is 0 Å². The Morgan fingerprint density at radius 2 is 1.86 bits per heavy atom. The number of carbonyl (C=O) groups is 1. The molecule has 2 aromatic carbocycles. The summed E-state index contributed by atoms with van der Waals surface area (Å²) in [4.78, 5) is 14.8. The first kappa shape index (κ1) is 22.3. The number of halogens is 1. The molecular formula is C23H31ClN2O2. The van der Waals surface area contributed by atoms with E-state index in [9.17, 15) is 4.79 Å². The highest BCUT2D eigenvalue weighted by molar-refractivity contribution is 5.85. The second-order valence-corrected chi connectivity index (χ2v) is 7.52. The predicted octanol–water partition coefficient (Wildman–Crippen LogP) is 4.69. The van der Waals surface area contributed by atoms with Gasteiger partial charge in [-0.3, -0.25) is 4.79 Å². The van der Waals surface area contributed by atoms with Gasteiger partial charge in [-0.05, 0) is 50.4 Å². The van der Waals surface area contributed by atoms with Crippen LogP contribution in [0.4, 0.5) is 0 Å². The van der Waals surface area contributed by atoms with Crippen LogP contribution in [0.25, 0.3) is 11.1 Å². The van der Waals surface area contributed by atoms with Crippen molar-refractivity contribution in [3.63, 3.8) is 0 Å².